The third-order valence-electron chi connectivity index (χ3n) is 4.17. The Kier molecular flexibility index (Phi) is 5.30. The number of hydrogen-bond acceptors (Lipinski definition) is 3. The first-order valence-electron chi connectivity index (χ1n) is 7.76. The van der Waals surface area contributed by atoms with E-state index in [1.807, 2.05) is 12.1 Å². The fourth-order valence-electron chi connectivity index (χ4n) is 3.14. The standard InChI is InChI=1S/C17H28N2O/c1-13(2)11-19(15-6-4-5-7-15)12-14-8-9-16(20-3)10-17(14)18/h8-10,13,15H,4-7,11-12,18H2,1-3H3. The summed E-state index contributed by atoms with van der Waals surface area (Å²) in [5.74, 6) is 1.53. The molecule has 1 aliphatic rings. The molecule has 0 unspecified atom stereocenters. The Morgan fingerprint density at radius 2 is 2.00 bits per heavy atom. The molecule has 3 nitrogen and oxygen atoms in total. The number of methoxy groups -OCH3 is 1. The van der Waals surface area contributed by atoms with Crippen LogP contribution < -0.4 is 10.5 Å². The lowest BCUT2D eigenvalue weighted by atomic mass is 10.1. The van der Waals surface area contributed by atoms with Crippen LogP contribution in [-0.2, 0) is 6.54 Å². The summed E-state index contributed by atoms with van der Waals surface area (Å²) in [6.07, 6.45) is 5.42. The molecule has 0 spiro atoms. The molecule has 20 heavy (non-hydrogen) atoms. The van der Waals surface area contributed by atoms with Gasteiger partial charge in [-0.25, -0.2) is 0 Å². The van der Waals surface area contributed by atoms with Crippen LogP contribution in [-0.4, -0.2) is 24.6 Å². The highest BCUT2D eigenvalue weighted by molar-refractivity contribution is 5.51. The largest absolute Gasteiger partial charge is 0.497 e. The van der Waals surface area contributed by atoms with E-state index in [4.69, 9.17) is 10.5 Å². The fraction of sp³-hybridized carbons (Fsp3) is 0.647. The van der Waals surface area contributed by atoms with E-state index in [2.05, 4.69) is 24.8 Å². The van der Waals surface area contributed by atoms with E-state index in [-0.39, 0.29) is 0 Å². The molecule has 0 aliphatic heterocycles. The molecule has 0 saturated heterocycles. The maximum atomic E-state index is 6.17. The van der Waals surface area contributed by atoms with E-state index >= 15 is 0 Å². The number of benzene rings is 1. The predicted octanol–water partition coefficient (Wildman–Crippen LogP) is 3.68. The molecule has 0 heterocycles. The van der Waals surface area contributed by atoms with E-state index in [9.17, 15) is 0 Å². The topological polar surface area (TPSA) is 38.5 Å². The Bertz CT molecular complexity index is 425. The van der Waals surface area contributed by atoms with E-state index in [0.717, 1.165) is 30.6 Å². The summed E-state index contributed by atoms with van der Waals surface area (Å²) in [4.78, 5) is 2.62. The van der Waals surface area contributed by atoms with Crippen LogP contribution in [0.25, 0.3) is 0 Å². The maximum absolute atomic E-state index is 6.17. The van der Waals surface area contributed by atoms with Crippen molar-refractivity contribution in [1.29, 1.82) is 0 Å². The van der Waals surface area contributed by atoms with Gasteiger partial charge in [0.1, 0.15) is 5.75 Å². The minimum absolute atomic E-state index is 0.690. The summed E-state index contributed by atoms with van der Waals surface area (Å²) >= 11 is 0. The molecular weight excluding hydrogens is 248 g/mol. The maximum Gasteiger partial charge on any atom is 0.120 e. The molecule has 3 heteroatoms. The van der Waals surface area contributed by atoms with Crippen molar-refractivity contribution < 1.29 is 4.74 Å². The van der Waals surface area contributed by atoms with Crippen LogP contribution in [0.3, 0.4) is 0 Å². The number of hydrogen-bond donors (Lipinski definition) is 1. The second-order valence-electron chi connectivity index (χ2n) is 6.33. The van der Waals surface area contributed by atoms with Gasteiger partial charge in [0, 0.05) is 30.9 Å². The third kappa shape index (κ3) is 3.89. The molecule has 2 N–H and O–H groups in total. The average molecular weight is 276 g/mol. The molecule has 112 valence electrons. The molecule has 2 rings (SSSR count). The highest BCUT2D eigenvalue weighted by atomic mass is 16.5. The quantitative estimate of drug-likeness (QED) is 0.806. The molecule has 0 aromatic heterocycles. The van der Waals surface area contributed by atoms with E-state index in [0.29, 0.717) is 5.92 Å². The van der Waals surface area contributed by atoms with Crippen LogP contribution in [0.15, 0.2) is 18.2 Å². The van der Waals surface area contributed by atoms with Crippen LogP contribution in [0.2, 0.25) is 0 Å². The van der Waals surface area contributed by atoms with Crippen LogP contribution in [0.1, 0.15) is 45.1 Å². The van der Waals surface area contributed by atoms with Crippen molar-refractivity contribution >= 4 is 5.69 Å². The lowest BCUT2D eigenvalue weighted by Gasteiger charge is -2.31. The first-order valence-corrected chi connectivity index (χ1v) is 7.76. The number of nitrogens with zero attached hydrogens (tertiary/aromatic N) is 1. The molecule has 1 fully saturated rings. The van der Waals surface area contributed by atoms with Gasteiger partial charge in [0.15, 0.2) is 0 Å². The van der Waals surface area contributed by atoms with Gasteiger partial charge in [0.25, 0.3) is 0 Å². The number of anilines is 1. The second kappa shape index (κ2) is 6.98. The number of nitrogens with two attached hydrogens (primary N) is 1. The fourth-order valence-corrected chi connectivity index (χ4v) is 3.14. The number of ether oxygens (including phenoxy) is 1. The zero-order chi connectivity index (χ0) is 14.5. The van der Waals surface area contributed by atoms with Crippen LogP contribution >= 0.6 is 0 Å². The molecule has 1 aliphatic carbocycles. The summed E-state index contributed by atoms with van der Waals surface area (Å²) in [6.45, 7) is 6.69. The van der Waals surface area contributed by atoms with Gasteiger partial charge in [-0.2, -0.15) is 0 Å². The van der Waals surface area contributed by atoms with Gasteiger partial charge in [0.2, 0.25) is 0 Å². The SMILES string of the molecule is COc1ccc(CN(CC(C)C)C2CCCC2)c(N)c1. The zero-order valence-corrected chi connectivity index (χ0v) is 13.1. The Hall–Kier alpha value is -1.22. The summed E-state index contributed by atoms with van der Waals surface area (Å²) < 4.78 is 5.23. The third-order valence-corrected chi connectivity index (χ3v) is 4.17. The lowest BCUT2D eigenvalue weighted by Crippen LogP contribution is -2.35. The van der Waals surface area contributed by atoms with E-state index in [1.165, 1.54) is 31.2 Å². The van der Waals surface area contributed by atoms with E-state index < -0.39 is 0 Å². The summed E-state index contributed by atoms with van der Waals surface area (Å²) in [6, 6.07) is 6.78. The summed E-state index contributed by atoms with van der Waals surface area (Å²) in [7, 11) is 1.68. The van der Waals surface area contributed by atoms with Crippen LogP contribution in [0.4, 0.5) is 5.69 Å². The van der Waals surface area contributed by atoms with Crippen LogP contribution in [0, 0.1) is 5.92 Å². The Morgan fingerprint density at radius 1 is 1.30 bits per heavy atom. The van der Waals surface area contributed by atoms with Crippen molar-refractivity contribution in [3.8, 4) is 5.75 Å². The molecule has 1 aromatic rings. The normalized spacial score (nSPS) is 16.2. The first kappa shape index (κ1) is 15.2. The molecular formula is C17H28N2O. The van der Waals surface area contributed by atoms with Gasteiger partial charge < -0.3 is 10.5 Å². The van der Waals surface area contributed by atoms with Crippen molar-refractivity contribution in [3.05, 3.63) is 23.8 Å². The Balaban J connectivity index is 2.10. The predicted molar refractivity (Wildman–Crippen MR) is 84.9 cm³/mol. The number of nitrogen functional groups attached to an aromatic ring is 1. The Morgan fingerprint density at radius 3 is 2.55 bits per heavy atom. The van der Waals surface area contributed by atoms with Gasteiger partial charge >= 0.3 is 0 Å². The van der Waals surface area contributed by atoms with Gasteiger partial charge in [-0.15, -0.1) is 0 Å². The molecule has 0 atom stereocenters. The van der Waals surface area contributed by atoms with Crippen LogP contribution in [0.5, 0.6) is 5.75 Å². The first-order chi connectivity index (χ1) is 9.60. The smallest absolute Gasteiger partial charge is 0.120 e. The zero-order valence-electron chi connectivity index (χ0n) is 13.1. The van der Waals surface area contributed by atoms with Gasteiger partial charge in [-0.1, -0.05) is 32.8 Å². The Labute approximate surface area is 123 Å². The van der Waals surface area contributed by atoms with Crippen molar-refractivity contribution in [1.82, 2.24) is 4.90 Å². The molecule has 1 saturated carbocycles. The molecule has 1 aromatic carbocycles. The summed E-state index contributed by atoms with van der Waals surface area (Å²) in [5.41, 5.74) is 8.23. The van der Waals surface area contributed by atoms with Gasteiger partial charge in [-0.3, -0.25) is 4.90 Å². The van der Waals surface area contributed by atoms with Crippen molar-refractivity contribution in [2.24, 2.45) is 5.92 Å². The lowest BCUT2D eigenvalue weighted by molar-refractivity contribution is 0.169. The second-order valence-corrected chi connectivity index (χ2v) is 6.33. The minimum Gasteiger partial charge on any atom is -0.497 e. The van der Waals surface area contributed by atoms with Crippen molar-refractivity contribution in [2.45, 2.75) is 52.1 Å². The minimum atomic E-state index is 0.690. The summed E-state index contributed by atoms with van der Waals surface area (Å²) in [5, 5.41) is 0. The van der Waals surface area contributed by atoms with Crippen molar-refractivity contribution in [3.63, 3.8) is 0 Å². The highest BCUT2D eigenvalue weighted by Gasteiger charge is 2.23. The van der Waals surface area contributed by atoms with Gasteiger partial charge in [-0.05, 0) is 30.4 Å². The number of rotatable bonds is 6. The highest BCUT2D eigenvalue weighted by Crippen LogP contribution is 2.28. The molecule has 0 amide bonds. The molecule has 0 radical (unpaired) electrons. The van der Waals surface area contributed by atoms with E-state index in [1.54, 1.807) is 7.11 Å². The molecule has 0 bridgehead atoms. The monoisotopic (exact) mass is 276 g/mol. The average Bonchev–Trinajstić information content (AvgIpc) is 2.93. The van der Waals surface area contributed by atoms with Gasteiger partial charge in [0.05, 0.1) is 7.11 Å². The van der Waals surface area contributed by atoms with Crippen molar-refractivity contribution in [2.75, 3.05) is 19.4 Å².